The Balaban J connectivity index is 1.14. The van der Waals surface area contributed by atoms with E-state index in [0.717, 1.165) is 17.7 Å². The highest BCUT2D eigenvalue weighted by molar-refractivity contribution is 5.94. The molecular weight excluding hydrogens is 568 g/mol. The maximum absolute atomic E-state index is 13.0. The molecule has 1 fully saturated rings. The molecule has 0 unspecified atom stereocenters. The molecule has 1 saturated heterocycles. The lowest BCUT2D eigenvalue weighted by atomic mass is 10.1. The number of hydrogen-bond acceptors (Lipinski definition) is 7. The van der Waals surface area contributed by atoms with Gasteiger partial charge in [-0.2, -0.15) is 31.3 Å². The minimum Gasteiger partial charge on any atom is -0.484 e. The number of alkyl halides is 6. The van der Waals surface area contributed by atoms with Gasteiger partial charge < -0.3 is 14.2 Å². The van der Waals surface area contributed by atoms with Crippen LogP contribution in [0.5, 0.6) is 5.75 Å². The Hall–Kier alpha value is -4.46. The minimum atomic E-state index is -4.51. The predicted molar refractivity (Wildman–Crippen MR) is 137 cm³/mol. The van der Waals surface area contributed by atoms with Crippen LogP contribution < -0.4 is 4.74 Å². The van der Waals surface area contributed by atoms with Crippen molar-refractivity contribution < 1.29 is 40.4 Å². The lowest BCUT2D eigenvalue weighted by molar-refractivity contribution is -0.153. The van der Waals surface area contributed by atoms with E-state index in [1.807, 2.05) is 0 Å². The molecule has 0 saturated carbocycles. The Morgan fingerprint density at radius 1 is 0.929 bits per heavy atom. The number of aromatic nitrogens is 3. The summed E-state index contributed by atoms with van der Waals surface area (Å²) in [4.78, 5) is 25.2. The predicted octanol–water partition coefficient (Wildman–Crippen LogP) is 5.72. The average Bonchev–Trinajstić information content (AvgIpc) is 3.47. The normalized spacial score (nSPS) is 14.7. The van der Waals surface area contributed by atoms with Crippen LogP contribution in [0.15, 0.2) is 71.4 Å². The average molecular weight is 592 g/mol. The van der Waals surface area contributed by atoms with Gasteiger partial charge in [0.05, 0.1) is 11.1 Å². The van der Waals surface area contributed by atoms with Crippen LogP contribution in [0.4, 0.5) is 26.3 Å². The molecule has 2 aromatic carbocycles. The monoisotopic (exact) mass is 591 g/mol. The minimum absolute atomic E-state index is 0.00466. The van der Waals surface area contributed by atoms with Crippen molar-refractivity contribution in [2.45, 2.75) is 18.9 Å². The summed E-state index contributed by atoms with van der Waals surface area (Å²) in [6.45, 7) is 1.37. The van der Waals surface area contributed by atoms with Gasteiger partial charge in [0.1, 0.15) is 11.4 Å². The van der Waals surface area contributed by atoms with E-state index in [9.17, 15) is 31.1 Å². The molecule has 220 valence electrons. The molecule has 42 heavy (non-hydrogen) atoms. The van der Waals surface area contributed by atoms with E-state index in [1.54, 1.807) is 23.1 Å². The van der Waals surface area contributed by atoms with Crippen molar-refractivity contribution in [3.63, 3.8) is 0 Å². The van der Waals surface area contributed by atoms with Crippen molar-refractivity contribution in [1.82, 2.24) is 24.9 Å². The highest BCUT2D eigenvalue weighted by atomic mass is 19.4. The van der Waals surface area contributed by atoms with E-state index < -0.39 is 24.5 Å². The smallest absolute Gasteiger partial charge is 0.422 e. The molecule has 0 bridgehead atoms. The largest absolute Gasteiger partial charge is 0.484 e. The van der Waals surface area contributed by atoms with Crippen LogP contribution in [0.1, 0.15) is 21.5 Å². The molecular formula is C28H23F6N5O3. The third-order valence-electron chi connectivity index (χ3n) is 6.50. The van der Waals surface area contributed by atoms with Crippen molar-refractivity contribution in [2.75, 3.05) is 32.8 Å². The first-order chi connectivity index (χ1) is 19.9. The SMILES string of the molecule is O=C(c1ccc(-c2nc(-c3cccc(C(F)(F)F)c3)no2)nc1)N1CCN(Cc2ccc(OCC(F)(F)F)cc2)CC1. The molecule has 5 rings (SSSR count). The first kappa shape index (κ1) is 29.0. The van der Waals surface area contributed by atoms with Gasteiger partial charge in [0.15, 0.2) is 6.61 Å². The fraction of sp³-hybridized carbons (Fsp3) is 0.286. The second kappa shape index (κ2) is 11.8. The fourth-order valence-corrected chi connectivity index (χ4v) is 4.33. The summed E-state index contributed by atoms with van der Waals surface area (Å²) in [6.07, 6.45) is -7.53. The van der Waals surface area contributed by atoms with Gasteiger partial charge in [-0.25, -0.2) is 0 Å². The molecule has 0 atom stereocenters. The van der Waals surface area contributed by atoms with Crippen LogP contribution in [-0.2, 0) is 12.7 Å². The summed E-state index contributed by atoms with van der Waals surface area (Å²) >= 11 is 0. The van der Waals surface area contributed by atoms with Crippen molar-refractivity contribution in [3.05, 3.63) is 83.6 Å². The number of amides is 1. The number of hydrogen-bond donors (Lipinski definition) is 0. The van der Waals surface area contributed by atoms with Gasteiger partial charge >= 0.3 is 12.4 Å². The van der Waals surface area contributed by atoms with Gasteiger partial charge in [-0.05, 0) is 42.0 Å². The number of piperazine rings is 1. The molecule has 0 N–H and O–H groups in total. The Labute approximate surface area is 235 Å². The zero-order chi connectivity index (χ0) is 29.9. The Morgan fingerprint density at radius 3 is 2.31 bits per heavy atom. The first-order valence-electron chi connectivity index (χ1n) is 12.7. The maximum Gasteiger partial charge on any atom is 0.422 e. The maximum atomic E-state index is 13.0. The zero-order valence-corrected chi connectivity index (χ0v) is 21.8. The van der Waals surface area contributed by atoms with Crippen molar-refractivity contribution in [2.24, 2.45) is 0 Å². The lowest BCUT2D eigenvalue weighted by Gasteiger charge is -2.34. The molecule has 1 aliphatic heterocycles. The molecule has 0 spiro atoms. The molecule has 4 aromatic rings. The van der Waals surface area contributed by atoms with Gasteiger partial charge in [0, 0.05) is 44.5 Å². The van der Waals surface area contributed by atoms with E-state index in [4.69, 9.17) is 9.26 Å². The summed E-state index contributed by atoms with van der Waals surface area (Å²) < 4.78 is 85.9. The summed E-state index contributed by atoms with van der Waals surface area (Å²) in [5, 5.41) is 3.75. The van der Waals surface area contributed by atoms with Gasteiger partial charge in [-0.15, -0.1) is 0 Å². The molecule has 1 amide bonds. The zero-order valence-electron chi connectivity index (χ0n) is 21.8. The topological polar surface area (TPSA) is 84.6 Å². The Bertz CT molecular complexity index is 1510. The number of halogens is 6. The molecule has 3 heterocycles. The number of nitrogens with zero attached hydrogens (tertiary/aromatic N) is 5. The first-order valence-corrected chi connectivity index (χ1v) is 12.7. The van der Waals surface area contributed by atoms with Crippen molar-refractivity contribution >= 4 is 5.91 Å². The van der Waals surface area contributed by atoms with Crippen molar-refractivity contribution in [3.8, 4) is 28.7 Å². The number of carbonyl (C=O) groups is 1. The van der Waals surface area contributed by atoms with Gasteiger partial charge in [-0.3, -0.25) is 14.7 Å². The quantitative estimate of drug-likeness (QED) is 0.255. The molecule has 8 nitrogen and oxygen atoms in total. The Morgan fingerprint density at radius 2 is 1.67 bits per heavy atom. The van der Waals surface area contributed by atoms with E-state index >= 15 is 0 Å². The molecule has 2 aromatic heterocycles. The number of rotatable bonds is 7. The summed E-state index contributed by atoms with van der Waals surface area (Å²) in [7, 11) is 0. The number of benzene rings is 2. The third-order valence-corrected chi connectivity index (χ3v) is 6.50. The standard InChI is InChI=1S/C28H23F6N5O3/c29-27(30,31)17-41-22-7-4-18(5-8-22)16-38-10-12-39(13-11-38)26(40)20-6-9-23(35-15-20)25-36-24(37-42-25)19-2-1-3-21(14-19)28(32,33)34/h1-9,14-15H,10-13,16-17H2. The van der Waals surface area contributed by atoms with Gasteiger partial charge in [0.25, 0.3) is 11.8 Å². The molecule has 1 aliphatic rings. The highest BCUT2D eigenvalue weighted by Gasteiger charge is 2.31. The fourth-order valence-electron chi connectivity index (χ4n) is 4.33. The summed E-state index contributed by atoms with van der Waals surface area (Å²) in [5.74, 6) is -0.104. The summed E-state index contributed by atoms with van der Waals surface area (Å²) in [6, 6.07) is 14.1. The highest BCUT2D eigenvalue weighted by Crippen LogP contribution is 2.32. The molecule has 0 aliphatic carbocycles. The van der Waals surface area contributed by atoms with Gasteiger partial charge in [-0.1, -0.05) is 29.4 Å². The number of carbonyl (C=O) groups excluding carboxylic acids is 1. The van der Waals surface area contributed by atoms with Crippen LogP contribution >= 0.6 is 0 Å². The lowest BCUT2D eigenvalue weighted by Crippen LogP contribution is -2.48. The Kier molecular flexibility index (Phi) is 8.16. The van der Waals surface area contributed by atoms with Crippen LogP contribution in [0.25, 0.3) is 23.0 Å². The van der Waals surface area contributed by atoms with E-state index in [0.29, 0.717) is 38.3 Å². The van der Waals surface area contributed by atoms with Gasteiger partial charge in [0.2, 0.25) is 5.82 Å². The van der Waals surface area contributed by atoms with E-state index in [1.165, 1.54) is 36.5 Å². The molecule has 14 heteroatoms. The van der Waals surface area contributed by atoms with Crippen LogP contribution in [-0.4, -0.2) is 69.8 Å². The second-order valence-electron chi connectivity index (χ2n) is 9.55. The van der Waals surface area contributed by atoms with Crippen LogP contribution in [0, 0.1) is 0 Å². The van der Waals surface area contributed by atoms with E-state index in [-0.39, 0.29) is 34.6 Å². The summed E-state index contributed by atoms with van der Waals surface area (Å²) in [5.41, 5.74) is 0.820. The van der Waals surface area contributed by atoms with Crippen molar-refractivity contribution in [1.29, 1.82) is 0 Å². The number of ether oxygens (including phenoxy) is 1. The molecule has 0 radical (unpaired) electrons. The number of pyridine rings is 1. The van der Waals surface area contributed by atoms with Crippen LogP contribution in [0.2, 0.25) is 0 Å². The van der Waals surface area contributed by atoms with Crippen LogP contribution in [0.3, 0.4) is 0 Å². The van der Waals surface area contributed by atoms with E-state index in [2.05, 4.69) is 20.0 Å². The third kappa shape index (κ3) is 7.24. The second-order valence-corrected chi connectivity index (χ2v) is 9.55.